The molecule has 2 aliphatic heterocycles. The summed E-state index contributed by atoms with van der Waals surface area (Å²) >= 11 is 1.51. The lowest BCUT2D eigenvalue weighted by Gasteiger charge is -2.34. The number of benzene rings is 1. The molecule has 7 nitrogen and oxygen atoms in total. The van der Waals surface area contributed by atoms with Gasteiger partial charge in [-0.1, -0.05) is 12.1 Å². The van der Waals surface area contributed by atoms with Crippen molar-refractivity contribution in [1.82, 2.24) is 9.80 Å². The van der Waals surface area contributed by atoms with Gasteiger partial charge in [0.15, 0.2) is 0 Å². The normalized spacial score (nSPS) is 18.5. The predicted molar refractivity (Wildman–Crippen MR) is 121 cm³/mol. The largest absolute Gasteiger partial charge is 0.493 e. The van der Waals surface area contributed by atoms with Gasteiger partial charge in [0.1, 0.15) is 10.8 Å². The van der Waals surface area contributed by atoms with Gasteiger partial charge in [-0.3, -0.25) is 19.4 Å². The molecule has 3 N–H and O–H groups in total. The van der Waals surface area contributed by atoms with Gasteiger partial charge < -0.3 is 15.8 Å². The summed E-state index contributed by atoms with van der Waals surface area (Å²) in [6.45, 7) is 5.62. The molecule has 2 amide bonds. The summed E-state index contributed by atoms with van der Waals surface area (Å²) in [4.78, 5) is 30.4. The first-order valence-corrected chi connectivity index (χ1v) is 11.8. The van der Waals surface area contributed by atoms with Crippen LogP contribution in [0.4, 0.5) is 5.00 Å². The summed E-state index contributed by atoms with van der Waals surface area (Å²) < 4.78 is 5.59. The van der Waals surface area contributed by atoms with Crippen LogP contribution >= 0.6 is 11.3 Å². The molecule has 164 valence electrons. The number of aryl methyl sites for hydroxylation is 1. The fraction of sp³-hybridized carbons (Fsp3) is 0.478. The smallest absolute Gasteiger partial charge is 0.251 e. The highest BCUT2D eigenvalue weighted by molar-refractivity contribution is 7.17. The monoisotopic (exact) mass is 440 g/mol. The van der Waals surface area contributed by atoms with E-state index in [-0.39, 0.29) is 5.91 Å². The molecule has 1 aliphatic carbocycles. The van der Waals surface area contributed by atoms with Gasteiger partial charge in [0.05, 0.1) is 18.7 Å². The molecule has 1 aromatic heterocycles. The van der Waals surface area contributed by atoms with E-state index < -0.39 is 5.91 Å². The highest BCUT2D eigenvalue weighted by Gasteiger charge is 2.27. The summed E-state index contributed by atoms with van der Waals surface area (Å²) in [7, 11) is 0. The molecular formula is C23H28N4O3S. The fourth-order valence-corrected chi connectivity index (χ4v) is 6.14. The molecule has 0 radical (unpaired) electrons. The third-order valence-electron chi connectivity index (χ3n) is 6.41. The Morgan fingerprint density at radius 2 is 1.90 bits per heavy atom. The predicted octanol–water partition coefficient (Wildman–Crippen LogP) is 2.03. The van der Waals surface area contributed by atoms with Crippen molar-refractivity contribution in [2.45, 2.75) is 32.2 Å². The van der Waals surface area contributed by atoms with Crippen molar-refractivity contribution in [2.75, 3.05) is 44.6 Å². The average Bonchev–Trinajstić information content (AvgIpc) is 3.44. The van der Waals surface area contributed by atoms with E-state index in [1.165, 1.54) is 27.3 Å². The molecule has 3 aliphatic rings. The number of nitrogens with zero attached hydrogens (tertiary/aromatic N) is 2. The lowest BCUT2D eigenvalue weighted by molar-refractivity contribution is -0.117. The number of rotatable bonds is 6. The van der Waals surface area contributed by atoms with Crippen LogP contribution in [0.25, 0.3) is 0 Å². The second kappa shape index (κ2) is 8.61. The number of carbonyl (C=O) groups excluding carboxylic acids is 2. The minimum atomic E-state index is -0.443. The van der Waals surface area contributed by atoms with Gasteiger partial charge in [0, 0.05) is 44.0 Å². The van der Waals surface area contributed by atoms with Crippen LogP contribution in [-0.4, -0.2) is 60.9 Å². The highest BCUT2D eigenvalue weighted by atomic mass is 32.1. The summed E-state index contributed by atoms with van der Waals surface area (Å²) in [5.41, 5.74) is 9.79. The van der Waals surface area contributed by atoms with Crippen molar-refractivity contribution in [3.8, 4) is 5.75 Å². The minimum Gasteiger partial charge on any atom is -0.493 e. The SMILES string of the molecule is NC(=O)c1c(NC(=O)CN2CCN(Cc3ccc4c(c3)CCO4)CC2)sc2c1CCC2. The van der Waals surface area contributed by atoms with Crippen molar-refractivity contribution in [2.24, 2.45) is 5.73 Å². The molecule has 5 rings (SSSR count). The number of carbonyl (C=O) groups is 2. The molecule has 3 heterocycles. The van der Waals surface area contributed by atoms with Crippen LogP contribution in [0.2, 0.25) is 0 Å². The van der Waals surface area contributed by atoms with Crippen molar-refractivity contribution in [3.05, 3.63) is 45.3 Å². The lowest BCUT2D eigenvalue weighted by Crippen LogP contribution is -2.48. The van der Waals surface area contributed by atoms with E-state index in [4.69, 9.17) is 10.5 Å². The van der Waals surface area contributed by atoms with Gasteiger partial charge in [-0.2, -0.15) is 0 Å². The molecule has 1 saturated heterocycles. The van der Waals surface area contributed by atoms with E-state index in [9.17, 15) is 9.59 Å². The van der Waals surface area contributed by atoms with Gasteiger partial charge in [-0.05, 0) is 42.0 Å². The average molecular weight is 441 g/mol. The molecule has 0 atom stereocenters. The van der Waals surface area contributed by atoms with E-state index in [0.29, 0.717) is 17.1 Å². The standard InChI is InChI=1S/C23H28N4O3S/c24-22(29)21-17-2-1-3-19(17)31-23(21)25-20(28)14-27-9-7-26(8-10-27)13-15-4-5-18-16(12-15)6-11-30-18/h4-5,12H,1-3,6-11,13-14H2,(H2,24,29)(H,25,28). The van der Waals surface area contributed by atoms with Crippen LogP contribution in [0.3, 0.4) is 0 Å². The molecule has 31 heavy (non-hydrogen) atoms. The Morgan fingerprint density at radius 1 is 1.10 bits per heavy atom. The van der Waals surface area contributed by atoms with Crippen molar-refractivity contribution in [3.63, 3.8) is 0 Å². The Balaban J connectivity index is 1.13. The third-order valence-corrected chi connectivity index (χ3v) is 7.62. The van der Waals surface area contributed by atoms with Crippen molar-refractivity contribution >= 4 is 28.2 Å². The van der Waals surface area contributed by atoms with Gasteiger partial charge in [0.25, 0.3) is 5.91 Å². The molecule has 8 heteroatoms. The van der Waals surface area contributed by atoms with Crippen LogP contribution in [0, 0.1) is 0 Å². The van der Waals surface area contributed by atoms with E-state index in [1.54, 1.807) is 0 Å². The van der Waals surface area contributed by atoms with Gasteiger partial charge in [-0.15, -0.1) is 11.3 Å². The van der Waals surface area contributed by atoms with Crippen LogP contribution < -0.4 is 15.8 Å². The lowest BCUT2D eigenvalue weighted by atomic mass is 10.1. The maximum atomic E-state index is 12.6. The second-order valence-corrected chi connectivity index (χ2v) is 9.67. The Kier molecular flexibility index (Phi) is 5.69. The fourth-order valence-electron chi connectivity index (χ4n) is 4.82. The molecular weight excluding hydrogens is 412 g/mol. The van der Waals surface area contributed by atoms with Gasteiger partial charge in [0.2, 0.25) is 5.91 Å². The number of nitrogens with two attached hydrogens (primary N) is 1. The van der Waals surface area contributed by atoms with Crippen LogP contribution in [0.5, 0.6) is 5.75 Å². The first-order chi connectivity index (χ1) is 15.1. The molecule has 0 unspecified atom stereocenters. The molecule has 2 aromatic rings. The number of fused-ring (bicyclic) bond motifs is 2. The molecule has 0 bridgehead atoms. The summed E-state index contributed by atoms with van der Waals surface area (Å²) in [5, 5.41) is 3.58. The first-order valence-electron chi connectivity index (χ1n) is 11.0. The van der Waals surface area contributed by atoms with E-state index in [2.05, 4.69) is 33.3 Å². The summed E-state index contributed by atoms with van der Waals surface area (Å²) in [6.07, 6.45) is 3.89. The zero-order chi connectivity index (χ0) is 21.4. The Hall–Kier alpha value is -2.42. The maximum Gasteiger partial charge on any atom is 0.251 e. The molecule has 1 aromatic carbocycles. The Labute approximate surface area is 186 Å². The molecule has 0 spiro atoms. The van der Waals surface area contributed by atoms with E-state index in [0.717, 1.165) is 76.3 Å². The number of primary amides is 1. The van der Waals surface area contributed by atoms with Gasteiger partial charge >= 0.3 is 0 Å². The van der Waals surface area contributed by atoms with Crippen LogP contribution in [-0.2, 0) is 30.6 Å². The van der Waals surface area contributed by atoms with Crippen LogP contribution in [0.1, 0.15) is 38.3 Å². The Bertz CT molecular complexity index is 1010. The third kappa shape index (κ3) is 4.33. The van der Waals surface area contributed by atoms with Gasteiger partial charge in [-0.25, -0.2) is 0 Å². The quantitative estimate of drug-likeness (QED) is 0.718. The van der Waals surface area contributed by atoms with Crippen molar-refractivity contribution in [1.29, 1.82) is 0 Å². The second-order valence-electron chi connectivity index (χ2n) is 8.57. The highest BCUT2D eigenvalue weighted by Crippen LogP contribution is 2.38. The summed E-state index contributed by atoms with van der Waals surface area (Å²) in [5.74, 6) is 0.506. The zero-order valence-electron chi connectivity index (χ0n) is 17.6. The molecule has 0 saturated carbocycles. The number of ether oxygens (including phenoxy) is 1. The summed E-state index contributed by atoms with van der Waals surface area (Å²) in [6, 6.07) is 6.49. The zero-order valence-corrected chi connectivity index (χ0v) is 18.4. The topological polar surface area (TPSA) is 87.9 Å². The Morgan fingerprint density at radius 3 is 2.71 bits per heavy atom. The van der Waals surface area contributed by atoms with E-state index in [1.807, 2.05) is 0 Å². The van der Waals surface area contributed by atoms with E-state index >= 15 is 0 Å². The number of anilines is 1. The van der Waals surface area contributed by atoms with Crippen LogP contribution in [0.15, 0.2) is 18.2 Å². The minimum absolute atomic E-state index is 0.0745. The number of thiophene rings is 1. The number of amides is 2. The number of nitrogens with one attached hydrogen (secondary N) is 1. The number of hydrogen-bond acceptors (Lipinski definition) is 6. The first kappa shape index (κ1) is 20.5. The number of hydrogen-bond donors (Lipinski definition) is 2. The number of piperazine rings is 1. The van der Waals surface area contributed by atoms with Crippen molar-refractivity contribution < 1.29 is 14.3 Å². The maximum absolute atomic E-state index is 12.6. The molecule has 1 fully saturated rings.